The summed E-state index contributed by atoms with van der Waals surface area (Å²) in [4.78, 5) is 22.0. The fourth-order valence-electron chi connectivity index (χ4n) is 5.48. The second-order valence-electron chi connectivity index (χ2n) is 9.11. The van der Waals surface area contributed by atoms with Crippen molar-refractivity contribution in [2.75, 3.05) is 39.8 Å². The SMILES string of the molecule is Cc1nccn1CCC1CCN(C(=O)[C@@H]2CC3(CCNCC3)CN2C)CC1. The van der Waals surface area contributed by atoms with Gasteiger partial charge in [-0.15, -0.1) is 0 Å². The summed E-state index contributed by atoms with van der Waals surface area (Å²) in [6.45, 7) is 8.29. The monoisotopic (exact) mass is 373 g/mol. The number of piperidine rings is 2. The molecule has 0 aromatic carbocycles. The van der Waals surface area contributed by atoms with E-state index in [0.717, 1.165) is 70.3 Å². The molecule has 1 N–H and O–H groups in total. The summed E-state index contributed by atoms with van der Waals surface area (Å²) in [5.74, 6) is 2.21. The van der Waals surface area contributed by atoms with Crippen LogP contribution in [0.2, 0.25) is 0 Å². The third-order valence-corrected chi connectivity index (χ3v) is 7.32. The van der Waals surface area contributed by atoms with E-state index < -0.39 is 0 Å². The Balaban J connectivity index is 1.26. The van der Waals surface area contributed by atoms with Crippen LogP contribution < -0.4 is 5.32 Å². The minimum absolute atomic E-state index is 0.105. The number of nitrogens with zero attached hydrogens (tertiary/aromatic N) is 4. The van der Waals surface area contributed by atoms with Crippen molar-refractivity contribution >= 4 is 5.91 Å². The van der Waals surface area contributed by atoms with Crippen molar-refractivity contribution in [1.29, 1.82) is 0 Å². The van der Waals surface area contributed by atoms with Gasteiger partial charge >= 0.3 is 0 Å². The van der Waals surface area contributed by atoms with Crippen molar-refractivity contribution < 1.29 is 4.79 Å². The first kappa shape index (κ1) is 18.9. The van der Waals surface area contributed by atoms with E-state index in [-0.39, 0.29) is 6.04 Å². The lowest BCUT2D eigenvalue weighted by atomic mass is 9.77. The number of aromatic nitrogens is 2. The predicted molar refractivity (Wildman–Crippen MR) is 106 cm³/mol. The van der Waals surface area contributed by atoms with Crippen molar-refractivity contribution in [2.45, 2.75) is 58.0 Å². The van der Waals surface area contributed by atoms with Crippen LogP contribution in [0.15, 0.2) is 12.4 Å². The van der Waals surface area contributed by atoms with Gasteiger partial charge in [0.25, 0.3) is 0 Å². The fraction of sp³-hybridized carbons (Fsp3) is 0.810. The number of amides is 1. The number of carbonyl (C=O) groups is 1. The summed E-state index contributed by atoms with van der Waals surface area (Å²) in [7, 11) is 2.15. The molecule has 3 saturated heterocycles. The lowest BCUT2D eigenvalue weighted by molar-refractivity contribution is -0.137. The van der Waals surface area contributed by atoms with E-state index in [1.54, 1.807) is 0 Å². The third kappa shape index (κ3) is 4.06. The summed E-state index contributed by atoms with van der Waals surface area (Å²) in [6.07, 6.45) is 10.9. The summed E-state index contributed by atoms with van der Waals surface area (Å²) in [5.41, 5.74) is 0.376. The zero-order valence-corrected chi connectivity index (χ0v) is 17.0. The highest BCUT2D eigenvalue weighted by Gasteiger charge is 2.46. The molecule has 1 spiro atoms. The first-order chi connectivity index (χ1) is 13.1. The molecular weight excluding hydrogens is 338 g/mol. The molecule has 0 radical (unpaired) electrons. The van der Waals surface area contributed by atoms with Gasteiger partial charge in [0.05, 0.1) is 6.04 Å². The number of rotatable bonds is 4. The number of carbonyl (C=O) groups excluding carboxylic acids is 1. The molecule has 4 heterocycles. The maximum absolute atomic E-state index is 13.2. The quantitative estimate of drug-likeness (QED) is 0.876. The molecule has 0 saturated carbocycles. The van der Waals surface area contributed by atoms with E-state index >= 15 is 0 Å². The molecule has 0 bridgehead atoms. The molecule has 3 aliphatic rings. The molecule has 6 nitrogen and oxygen atoms in total. The fourth-order valence-corrected chi connectivity index (χ4v) is 5.48. The molecule has 0 aliphatic carbocycles. The van der Waals surface area contributed by atoms with Crippen LogP contribution in [0.5, 0.6) is 0 Å². The van der Waals surface area contributed by atoms with Gasteiger partial charge in [0.1, 0.15) is 5.82 Å². The number of nitrogens with one attached hydrogen (secondary N) is 1. The Labute approximate surface area is 163 Å². The Hall–Kier alpha value is -1.40. The summed E-state index contributed by atoms with van der Waals surface area (Å²) >= 11 is 0. The zero-order chi connectivity index (χ0) is 18.9. The Morgan fingerprint density at radius 2 is 2.04 bits per heavy atom. The lowest BCUT2D eigenvalue weighted by Gasteiger charge is -2.35. The number of likely N-dealkylation sites (N-methyl/N-ethyl adjacent to an activating group) is 1. The van der Waals surface area contributed by atoms with E-state index in [1.165, 1.54) is 19.3 Å². The van der Waals surface area contributed by atoms with Gasteiger partial charge in [-0.25, -0.2) is 4.98 Å². The van der Waals surface area contributed by atoms with Crippen molar-refractivity contribution in [1.82, 2.24) is 24.7 Å². The Kier molecular flexibility index (Phi) is 5.55. The Morgan fingerprint density at radius 1 is 1.30 bits per heavy atom. The molecule has 1 amide bonds. The molecular formula is C21H35N5O. The predicted octanol–water partition coefficient (Wildman–Crippen LogP) is 1.89. The van der Waals surface area contributed by atoms with Gasteiger partial charge in [0.15, 0.2) is 0 Å². The first-order valence-corrected chi connectivity index (χ1v) is 10.7. The maximum Gasteiger partial charge on any atom is 0.239 e. The molecule has 1 atom stereocenters. The van der Waals surface area contributed by atoms with E-state index in [1.807, 2.05) is 6.20 Å². The molecule has 1 aromatic rings. The molecule has 27 heavy (non-hydrogen) atoms. The van der Waals surface area contributed by atoms with E-state index in [9.17, 15) is 4.79 Å². The van der Waals surface area contributed by atoms with Crippen LogP contribution in [0, 0.1) is 18.3 Å². The van der Waals surface area contributed by atoms with Gasteiger partial charge in [0, 0.05) is 38.6 Å². The standard InChI is InChI=1S/C21H35N5O/c1-17-23-10-14-25(17)11-3-18-4-12-26(13-5-18)20(27)19-15-21(16-24(19)2)6-8-22-9-7-21/h10,14,18-19,22H,3-9,11-13,15-16H2,1-2H3/t19-/m0/s1. The molecule has 3 aliphatic heterocycles. The van der Waals surface area contributed by atoms with Crippen LogP contribution in [0.3, 0.4) is 0 Å². The molecule has 150 valence electrons. The summed E-state index contributed by atoms with van der Waals surface area (Å²) in [6, 6.07) is 0.105. The molecule has 1 aromatic heterocycles. The van der Waals surface area contributed by atoms with Crippen LogP contribution in [-0.4, -0.2) is 71.1 Å². The largest absolute Gasteiger partial charge is 0.341 e. The number of aryl methyl sites for hydroxylation is 2. The lowest BCUT2D eigenvalue weighted by Crippen LogP contribution is -2.47. The van der Waals surface area contributed by atoms with E-state index in [0.29, 0.717) is 11.3 Å². The average molecular weight is 374 g/mol. The van der Waals surface area contributed by atoms with Crippen LogP contribution in [0.25, 0.3) is 0 Å². The number of imidazole rings is 1. The highest BCUT2D eigenvalue weighted by atomic mass is 16.2. The number of hydrogen-bond donors (Lipinski definition) is 1. The average Bonchev–Trinajstić information content (AvgIpc) is 3.23. The molecule has 3 fully saturated rings. The van der Waals surface area contributed by atoms with Crippen molar-refractivity contribution in [2.24, 2.45) is 11.3 Å². The van der Waals surface area contributed by atoms with Crippen LogP contribution >= 0.6 is 0 Å². The smallest absolute Gasteiger partial charge is 0.239 e. The van der Waals surface area contributed by atoms with Gasteiger partial charge in [-0.05, 0) is 76.9 Å². The topological polar surface area (TPSA) is 53.4 Å². The second-order valence-corrected chi connectivity index (χ2v) is 9.11. The van der Waals surface area contributed by atoms with Gasteiger partial charge in [-0.2, -0.15) is 0 Å². The normalized spacial score (nSPS) is 26.7. The van der Waals surface area contributed by atoms with E-state index in [4.69, 9.17) is 0 Å². The minimum atomic E-state index is 0.105. The molecule has 0 unspecified atom stereocenters. The second kappa shape index (κ2) is 7.92. The van der Waals surface area contributed by atoms with Gasteiger partial charge in [-0.1, -0.05) is 0 Å². The third-order valence-electron chi connectivity index (χ3n) is 7.32. The molecule has 4 rings (SSSR count). The number of hydrogen-bond acceptors (Lipinski definition) is 4. The number of likely N-dealkylation sites (tertiary alicyclic amines) is 2. The Morgan fingerprint density at radius 3 is 2.70 bits per heavy atom. The first-order valence-electron chi connectivity index (χ1n) is 10.7. The summed E-state index contributed by atoms with van der Waals surface area (Å²) < 4.78 is 2.24. The van der Waals surface area contributed by atoms with Gasteiger partial charge in [0.2, 0.25) is 5.91 Å². The minimum Gasteiger partial charge on any atom is -0.341 e. The van der Waals surface area contributed by atoms with Crippen molar-refractivity contribution in [3.8, 4) is 0 Å². The van der Waals surface area contributed by atoms with Gasteiger partial charge < -0.3 is 14.8 Å². The molecule has 6 heteroatoms. The Bertz CT molecular complexity index is 643. The van der Waals surface area contributed by atoms with E-state index in [2.05, 4.69) is 44.8 Å². The summed E-state index contributed by atoms with van der Waals surface area (Å²) in [5, 5.41) is 3.47. The maximum atomic E-state index is 13.2. The van der Waals surface area contributed by atoms with Crippen LogP contribution in [0.4, 0.5) is 0 Å². The van der Waals surface area contributed by atoms with Crippen LogP contribution in [-0.2, 0) is 11.3 Å². The highest BCUT2D eigenvalue weighted by Crippen LogP contribution is 2.42. The van der Waals surface area contributed by atoms with Crippen LogP contribution in [0.1, 0.15) is 44.3 Å². The zero-order valence-electron chi connectivity index (χ0n) is 17.0. The van der Waals surface area contributed by atoms with Gasteiger partial charge in [-0.3, -0.25) is 9.69 Å². The van der Waals surface area contributed by atoms with Crippen molar-refractivity contribution in [3.63, 3.8) is 0 Å². The highest BCUT2D eigenvalue weighted by molar-refractivity contribution is 5.82. The van der Waals surface area contributed by atoms with Crippen molar-refractivity contribution in [3.05, 3.63) is 18.2 Å².